The van der Waals surface area contributed by atoms with Gasteiger partial charge in [0.25, 0.3) is 0 Å². The van der Waals surface area contributed by atoms with E-state index in [2.05, 4.69) is 27.7 Å². The van der Waals surface area contributed by atoms with Crippen LogP contribution >= 0.6 is 11.6 Å². The van der Waals surface area contributed by atoms with Crippen molar-refractivity contribution in [1.82, 2.24) is 0 Å². The topological polar surface area (TPSA) is 35.2 Å². The lowest BCUT2D eigenvalue weighted by Crippen LogP contribution is -2.13. The normalized spacial score (nSPS) is 12.8. The van der Waals surface area contributed by atoms with Gasteiger partial charge in [0.2, 0.25) is 0 Å². The molecule has 2 nitrogen and oxygen atoms in total. The molecule has 0 aliphatic heterocycles. The van der Waals surface area contributed by atoms with E-state index in [0.29, 0.717) is 5.92 Å². The summed E-state index contributed by atoms with van der Waals surface area (Å²) in [7, 11) is 0. The van der Waals surface area contributed by atoms with Crippen LogP contribution in [0.15, 0.2) is 12.1 Å². The van der Waals surface area contributed by atoms with Crippen molar-refractivity contribution >= 4 is 11.6 Å². The Morgan fingerprint density at radius 3 is 2.37 bits per heavy atom. The maximum Gasteiger partial charge on any atom is 0.127 e. The molecule has 1 unspecified atom stereocenters. The van der Waals surface area contributed by atoms with Crippen LogP contribution < -0.4 is 10.5 Å². The van der Waals surface area contributed by atoms with E-state index in [4.69, 9.17) is 22.1 Å². The number of ether oxygens (including phenoxy) is 1. The van der Waals surface area contributed by atoms with E-state index in [1.807, 2.05) is 12.1 Å². The molecule has 3 heteroatoms. The maximum atomic E-state index is 6.22. The number of hydrogen-bond acceptors (Lipinski definition) is 2. The Morgan fingerprint density at radius 2 is 1.84 bits per heavy atom. The van der Waals surface area contributed by atoms with Crippen LogP contribution in [0.1, 0.15) is 70.0 Å². The summed E-state index contributed by atoms with van der Waals surface area (Å²) >= 11 is 6.22. The van der Waals surface area contributed by atoms with Gasteiger partial charge in [-0.2, -0.15) is 0 Å². The SMILES string of the molecule is CCCCOc1c(C(C)C)cc(Cl)cc1C(N)CC. The second-order valence-corrected chi connectivity index (χ2v) is 5.72. The summed E-state index contributed by atoms with van der Waals surface area (Å²) in [4.78, 5) is 0. The summed E-state index contributed by atoms with van der Waals surface area (Å²) < 4.78 is 6.01. The molecule has 0 amide bonds. The van der Waals surface area contributed by atoms with Crippen LogP contribution in [0.5, 0.6) is 5.75 Å². The first-order valence-electron chi connectivity index (χ1n) is 7.22. The van der Waals surface area contributed by atoms with Crippen molar-refractivity contribution in [3.63, 3.8) is 0 Å². The zero-order valence-corrected chi connectivity index (χ0v) is 13.3. The molecule has 1 aromatic carbocycles. The highest BCUT2D eigenvalue weighted by Crippen LogP contribution is 2.37. The molecule has 0 bridgehead atoms. The molecule has 1 atom stereocenters. The van der Waals surface area contributed by atoms with Gasteiger partial charge in [0, 0.05) is 16.6 Å². The quantitative estimate of drug-likeness (QED) is 0.711. The fourth-order valence-electron chi connectivity index (χ4n) is 2.05. The van der Waals surface area contributed by atoms with Crippen molar-refractivity contribution in [2.24, 2.45) is 5.73 Å². The largest absolute Gasteiger partial charge is 0.493 e. The van der Waals surface area contributed by atoms with Crippen molar-refractivity contribution < 1.29 is 4.74 Å². The van der Waals surface area contributed by atoms with Crippen molar-refractivity contribution in [3.05, 3.63) is 28.3 Å². The minimum atomic E-state index is -0.0205. The van der Waals surface area contributed by atoms with Crippen molar-refractivity contribution in [1.29, 1.82) is 0 Å². The van der Waals surface area contributed by atoms with E-state index in [-0.39, 0.29) is 6.04 Å². The molecule has 0 heterocycles. The zero-order chi connectivity index (χ0) is 14.4. The predicted octanol–water partition coefficient (Wildman–Crippen LogP) is 5.05. The second kappa shape index (κ2) is 7.76. The Morgan fingerprint density at radius 1 is 1.21 bits per heavy atom. The van der Waals surface area contributed by atoms with Gasteiger partial charge in [0.15, 0.2) is 0 Å². The number of hydrogen-bond donors (Lipinski definition) is 1. The van der Waals surface area contributed by atoms with Crippen LogP contribution in [0.3, 0.4) is 0 Å². The van der Waals surface area contributed by atoms with Gasteiger partial charge in [0.1, 0.15) is 5.75 Å². The molecule has 2 N–H and O–H groups in total. The lowest BCUT2D eigenvalue weighted by molar-refractivity contribution is 0.300. The zero-order valence-electron chi connectivity index (χ0n) is 12.5. The van der Waals surface area contributed by atoms with Gasteiger partial charge in [-0.3, -0.25) is 0 Å². The molecule has 108 valence electrons. The van der Waals surface area contributed by atoms with Crippen molar-refractivity contribution in [2.75, 3.05) is 6.61 Å². The van der Waals surface area contributed by atoms with Crippen LogP contribution in [0.4, 0.5) is 0 Å². The first-order chi connectivity index (χ1) is 9.01. The number of unbranched alkanes of at least 4 members (excludes halogenated alkanes) is 1. The summed E-state index contributed by atoms with van der Waals surface area (Å²) in [5.74, 6) is 1.32. The van der Waals surface area contributed by atoms with Gasteiger partial charge in [-0.1, -0.05) is 45.7 Å². The van der Waals surface area contributed by atoms with Gasteiger partial charge >= 0.3 is 0 Å². The van der Waals surface area contributed by atoms with Crippen molar-refractivity contribution in [2.45, 2.75) is 58.9 Å². The van der Waals surface area contributed by atoms with Crippen LogP contribution in [-0.4, -0.2) is 6.61 Å². The Balaban J connectivity index is 3.18. The molecular formula is C16H26ClNO. The smallest absolute Gasteiger partial charge is 0.127 e. The molecule has 0 aromatic heterocycles. The van der Waals surface area contributed by atoms with E-state index < -0.39 is 0 Å². The highest BCUT2D eigenvalue weighted by Gasteiger charge is 2.18. The summed E-state index contributed by atoms with van der Waals surface area (Å²) in [5.41, 5.74) is 8.39. The van der Waals surface area contributed by atoms with E-state index in [0.717, 1.165) is 47.8 Å². The molecule has 0 aliphatic rings. The van der Waals surface area contributed by atoms with Gasteiger partial charge in [-0.05, 0) is 36.5 Å². The summed E-state index contributed by atoms with van der Waals surface area (Å²) in [6, 6.07) is 3.93. The molecule has 0 spiro atoms. The fourth-order valence-corrected chi connectivity index (χ4v) is 2.28. The Labute approximate surface area is 122 Å². The molecule has 1 rings (SSSR count). The predicted molar refractivity (Wildman–Crippen MR) is 83.2 cm³/mol. The molecular weight excluding hydrogens is 258 g/mol. The fraction of sp³-hybridized carbons (Fsp3) is 0.625. The maximum absolute atomic E-state index is 6.22. The Kier molecular flexibility index (Phi) is 6.67. The molecule has 0 aliphatic carbocycles. The molecule has 0 saturated heterocycles. The minimum Gasteiger partial charge on any atom is -0.493 e. The van der Waals surface area contributed by atoms with Crippen molar-refractivity contribution in [3.8, 4) is 5.75 Å². The molecule has 19 heavy (non-hydrogen) atoms. The third kappa shape index (κ3) is 4.39. The summed E-state index contributed by atoms with van der Waals surface area (Å²) in [6.07, 6.45) is 3.06. The number of nitrogens with two attached hydrogens (primary N) is 1. The van der Waals surface area contributed by atoms with Crippen LogP contribution in [0.25, 0.3) is 0 Å². The van der Waals surface area contributed by atoms with E-state index in [1.165, 1.54) is 0 Å². The van der Waals surface area contributed by atoms with Crippen LogP contribution in [-0.2, 0) is 0 Å². The minimum absolute atomic E-state index is 0.0205. The summed E-state index contributed by atoms with van der Waals surface area (Å²) in [5, 5.41) is 0.741. The molecule has 0 saturated carbocycles. The van der Waals surface area contributed by atoms with Gasteiger partial charge in [-0.15, -0.1) is 0 Å². The lowest BCUT2D eigenvalue weighted by atomic mass is 9.95. The monoisotopic (exact) mass is 283 g/mol. The Hall–Kier alpha value is -0.730. The highest BCUT2D eigenvalue weighted by atomic mass is 35.5. The van der Waals surface area contributed by atoms with Gasteiger partial charge in [-0.25, -0.2) is 0 Å². The van der Waals surface area contributed by atoms with Gasteiger partial charge < -0.3 is 10.5 Å². The third-order valence-corrected chi connectivity index (χ3v) is 3.53. The molecule has 1 aromatic rings. The van der Waals surface area contributed by atoms with Crippen LogP contribution in [0.2, 0.25) is 5.02 Å². The number of halogens is 1. The molecule has 0 fully saturated rings. The first kappa shape index (κ1) is 16.3. The standard InChI is InChI=1S/C16H26ClNO/c1-5-7-8-19-16-13(11(3)4)9-12(17)10-14(16)15(18)6-2/h9-11,15H,5-8,18H2,1-4H3. The van der Waals surface area contributed by atoms with E-state index in [9.17, 15) is 0 Å². The number of rotatable bonds is 7. The van der Waals surface area contributed by atoms with E-state index in [1.54, 1.807) is 0 Å². The Bertz CT molecular complexity index is 404. The third-order valence-electron chi connectivity index (χ3n) is 3.32. The average molecular weight is 284 g/mol. The van der Waals surface area contributed by atoms with Crippen LogP contribution in [0, 0.1) is 0 Å². The second-order valence-electron chi connectivity index (χ2n) is 5.28. The van der Waals surface area contributed by atoms with E-state index >= 15 is 0 Å². The number of benzene rings is 1. The summed E-state index contributed by atoms with van der Waals surface area (Å²) in [6.45, 7) is 9.28. The molecule has 0 radical (unpaired) electrons. The highest BCUT2D eigenvalue weighted by molar-refractivity contribution is 6.30. The average Bonchev–Trinajstić information content (AvgIpc) is 2.38. The van der Waals surface area contributed by atoms with Gasteiger partial charge in [0.05, 0.1) is 6.61 Å². The lowest BCUT2D eigenvalue weighted by Gasteiger charge is -2.21. The first-order valence-corrected chi connectivity index (χ1v) is 7.60.